The van der Waals surface area contributed by atoms with Crippen molar-refractivity contribution in [2.45, 2.75) is 39.5 Å². The highest BCUT2D eigenvalue weighted by atomic mass is 16.7. The lowest BCUT2D eigenvalue weighted by atomic mass is 10.3. The Morgan fingerprint density at radius 3 is 1.69 bits per heavy atom. The van der Waals surface area contributed by atoms with E-state index >= 15 is 0 Å². The average molecular weight is 226 g/mol. The number of carbonyl (C=O) groups excluding carboxylic acids is 1. The van der Waals surface area contributed by atoms with Crippen molar-refractivity contribution < 1.29 is 14.3 Å². The van der Waals surface area contributed by atoms with E-state index in [2.05, 4.69) is 13.8 Å². The maximum absolute atomic E-state index is 11.0. The first-order valence-electron chi connectivity index (χ1n) is 5.90. The predicted octanol–water partition coefficient (Wildman–Crippen LogP) is 3.85. The SMILES string of the molecule is CC/C=C\CCOC(=O)OCC/C=C\CC. The van der Waals surface area contributed by atoms with Gasteiger partial charge in [-0.05, 0) is 25.7 Å². The van der Waals surface area contributed by atoms with Gasteiger partial charge in [0, 0.05) is 0 Å². The Balaban J connectivity index is 3.31. The fraction of sp³-hybridized carbons (Fsp3) is 0.615. The Kier molecular flexibility index (Phi) is 10.9. The van der Waals surface area contributed by atoms with Crippen LogP contribution in [0.2, 0.25) is 0 Å². The molecular weight excluding hydrogens is 204 g/mol. The molecular formula is C13H22O3. The van der Waals surface area contributed by atoms with Gasteiger partial charge < -0.3 is 9.47 Å². The van der Waals surface area contributed by atoms with Crippen molar-refractivity contribution in [1.82, 2.24) is 0 Å². The summed E-state index contributed by atoms with van der Waals surface area (Å²) < 4.78 is 9.72. The van der Waals surface area contributed by atoms with E-state index in [1.54, 1.807) is 0 Å². The van der Waals surface area contributed by atoms with Crippen LogP contribution >= 0.6 is 0 Å². The molecule has 0 saturated heterocycles. The zero-order valence-electron chi connectivity index (χ0n) is 10.3. The summed E-state index contributed by atoms with van der Waals surface area (Å²) in [7, 11) is 0. The van der Waals surface area contributed by atoms with E-state index in [4.69, 9.17) is 9.47 Å². The van der Waals surface area contributed by atoms with Crippen LogP contribution in [0.25, 0.3) is 0 Å². The van der Waals surface area contributed by atoms with Gasteiger partial charge in [0.15, 0.2) is 0 Å². The van der Waals surface area contributed by atoms with E-state index < -0.39 is 6.16 Å². The largest absolute Gasteiger partial charge is 0.508 e. The smallest absolute Gasteiger partial charge is 0.434 e. The predicted molar refractivity (Wildman–Crippen MR) is 65.4 cm³/mol. The van der Waals surface area contributed by atoms with Crippen molar-refractivity contribution in [1.29, 1.82) is 0 Å². The highest BCUT2D eigenvalue weighted by Crippen LogP contribution is 1.93. The minimum Gasteiger partial charge on any atom is -0.434 e. The molecule has 0 aliphatic carbocycles. The van der Waals surface area contributed by atoms with Crippen LogP contribution in [0.1, 0.15) is 39.5 Å². The fourth-order valence-electron chi connectivity index (χ4n) is 1.03. The minimum absolute atomic E-state index is 0.389. The zero-order chi connectivity index (χ0) is 12.1. The van der Waals surface area contributed by atoms with Gasteiger partial charge in [0.1, 0.15) is 0 Å². The lowest BCUT2D eigenvalue weighted by molar-refractivity contribution is 0.0577. The van der Waals surface area contributed by atoms with Gasteiger partial charge in [0.25, 0.3) is 0 Å². The zero-order valence-corrected chi connectivity index (χ0v) is 10.3. The van der Waals surface area contributed by atoms with E-state index in [0.717, 1.165) is 25.7 Å². The number of carbonyl (C=O) groups is 1. The monoisotopic (exact) mass is 226 g/mol. The van der Waals surface area contributed by atoms with Gasteiger partial charge in [0.05, 0.1) is 13.2 Å². The summed E-state index contributed by atoms with van der Waals surface area (Å²) >= 11 is 0. The van der Waals surface area contributed by atoms with Crippen LogP contribution in [0.5, 0.6) is 0 Å². The van der Waals surface area contributed by atoms with Gasteiger partial charge in [-0.1, -0.05) is 38.2 Å². The third-order valence-electron chi connectivity index (χ3n) is 1.81. The third kappa shape index (κ3) is 10.8. The van der Waals surface area contributed by atoms with Crippen molar-refractivity contribution in [3.8, 4) is 0 Å². The lowest BCUT2D eigenvalue weighted by Crippen LogP contribution is -2.08. The first kappa shape index (κ1) is 14.8. The molecule has 3 nitrogen and oxygen atoms in total. The Morgan fingerprint density at radius 1 is 0.875 bits per heavy atom. The van der Waals surface area contributed by atoms with Crippen LogP contribution in [0.4, 0.5) is 4.79 Å². The second kappa shape index (κ2) is 11.8. The Bertz CT molecular complexity index is 197. The lowest BCUT2D eigenvalue weighted by Gasteiger charge is -2.03. The first-order valence-corrected chi connectivity index (χ1v) is 5.90. The van der Waals surface area contributed by atoms with Crippen molar-refractivity contribution in [3.05, 3.63) is 24.3 Å². The third-order valence-corrected chi connectivity index (χ3v) is 1.81. The van der Waals surface area contributed by atoms with Crippen LogP contribution < -0.4 is 0 Å². The number of allylic oxidation sites excluding steroid dienone is 2. The maximum Gasteiger partial charge on any atom is 0.508 e. The van der Waals surface area contributed by atoms with Gasteiger partial charge in [-0.15, -0.1) is 0 Å². The Morgan fingerprint density at radius 2 is 1.31 bits per heavy atom. The molecule has 0 amide bonds. The van der Waals surface area contributed by atoms with Crippen LogP contribution in [0.3, 0.4) is 0 Å². The van der Waals surface area contributed by atoms with Crippen LogP contribution in [0.15, 0.2) is 24.3 Å². The molecule has 92 valence electrons. The van der Waals surface area contributed by atoms with E-state index in [-0.39, 0.29) is 0 Å². The van der Waals surface area contributed by atoms with Gasteiger partial charge in [-0.25, -0.2) is 4.79 Å². The summed E-state index contributed by atoms with van der Waals surface area (Å²) in [6.07, 6.45) is 11.0. The first-order chi connectivity index (χ1) is 7.81. The number of hydrogen-bond donors (Lipinski definition) is 0. The topological polar surface area (TPSA) is 35.5 Å². The molecule has 3 heteroatoms. The summed E-state index contributed by atoms with van der Waals surface area (Å²) in [6.45, 7) is 4.91. The summed E-state index contributed by atoms with van der Waals surface area (Å²) in [6, 6.07) is 0. The normalized spacial score (nSPS) is 11.1. The molecule has 0 heterocycles. The quantitative estimate of drug-likeness (QED) is 0.358. The van der Waals surface area contributed by atoms with Crippen molar-refractivity contribution >= 4 is 6.16 Å². The molecule has 16 heavy (non-hydrogen) atoms. The van der Waals surface area contributed by atoms with Crippen LogP contribution in [0, 0.1) is 0 Å². The summed E-state index contributed by atoms with van der Waals surface area (Å²) in [5.41, 5.74) is 0. The number of rotatable bonds is 8. The molecule has 0 saturated carbocycles. The summed E-state index contributed by atoms with van der Waals surface area (Å²) in [5, 5.41) is 0. The molecule has 0 radical (unpaired) electrons. The average Bonchev–Trinajstić information content (AvgIpc) is 2.28. The molecule has 0 atom stereocenters. The second-order valence-electron chi connectivity index (χ2n) is 3.28. The molecule has 0 unspecified atom stereocenters. The standard InChI is InChI=1S/C13H22O3/c1-3-5-7-9-11-15-13(14)16-12-10-8-6-4-2/h5-8H,3-4,9-12H2,1-2H3/b7-5-,8-6-. The Labute approximate surface area is 98.1 Å². The molecule has 0 fully saturated rings. The van der Waals surface area contributed by atoms with Crippen molar-refractivity contribution in [2.75, 3.05) is 13.2 Å². The second-order valence-corrected chi connectivity index (χ2v) is 3.28. The molecule has 0 aliphatic heterocycles. The highest BCUT2D eigenvalue weighted by Gasteiger charge is 2.00. The van der Waals surface area contributed by atoms with E-state index in [0.29, 0.717) is 13.2 Å². The number of hydrogen-bond acceptors (Lipinski definition) is 3. The summed E-state index contributed by atoms with van der Waals surface area (Å²) in [5.74, 6) is 0. The van der Waals surface area contributed by atoms with Gasteiger partial charge in [0.2, 0.25) is 0 Å². The molecule has 0 N–H and O–H groups in total. The van der Waals surface area contributed by atoms with Crippen molar-refractivity contribution in [2.24, 2.45) is 0 Å². The van der Waals surface area contributed by atoms with Crippen LogP contribution in [-0.2, 0) is 9.47 Å². The van der Waals surface area contributed by atoms with E-state index in [1.807, 2.05) is 24.3 Å². The molecule has 0 rings (SSSR count). The van der Waals surface area contributed by atoms with Gasteiger partial charge in [-0.3, -0.25) is 0 Å². The van der Waals surface area contributed by atoms with E-state index in [1.165, 1.54) is 0 Å². The number of ether oxygens (including phenoxy) is 2. The Hall–Kier alpha value is -1.25. The van der Waals surface area contributed by atoms with Crippen LogP contribution in [-0.4, -0.2) is 19.4 Å². The van der Waals surface area contributed by atoms with E-state index in [9.17, 15) is 4.79 Å². The van der Waals surface area contributed by atoms with Gasteiger partial charge in [-0.2, -0.15) is 0 Å². The summed E-state index contributed by atoms with van der Waals surface area (Å²) in [4.78, 5) is 11.0. The molecule has 0 aromatic rings. The fourth-order valence-corrected chi connectivity index (χ4v) is 1.03. The maximum atomic E-state index is 11.0. The van der Waals surface area contributed by atoms with Crippen molar-refractivity contribution in [3.63, 3.8) is 0 Å². The van der Waals surface area contributed by atoms with Gasteiger partial charge >= 0.3 is 6.16 Å². The highest BCUT2D eigenvalue weighted by molar-refractivity contribution is 5.59. The molecule has 0 spiro atoms. The minimum atomic E-state index is -0.574. The molecule has 0 bridgehead atoms. The molecule has 0 aromatic carbocycles. The molecule has 0 aromatic heterocycles. The molecule has 0 aliphatic rings.